The number of benzene rings is 1. The average Bonchev–Trinajstić information content (AvgIpc) is 3.52. The van der Waals surface area contributed by atoms with E-state index in [1.165, 1.54) is 10.4 Å². The van der Waals surface area contributed by atoms with E-state index in [9.17, 15) is 18.0 Å². The molecule has 2 aliphatic rings. The van der Waals surface area contributed by atoms with Gasteiger partial charge in [-0.2, -0.15) is 4.31 Å². The maximum absolute atomic E-state index is 13.1. The highest BCUT2D eigenvalue weighted by Gasteiger charge is 2.33. The van der Waals surface area contributed by atoms with Crippen molar-refractivity contribution in [1.82, 2.24) is 9.21 Å². The van der Waals surface area contributed by atoms with Gasteiger partial charge in [0.05, 0.1) is 12.7 Å². The number of hydrogen-bond acceptors (Lipinski definition) is 6. The van der Waals surface area contributed by atoms with E-state index in [1.54, 1.807) is 41.7 Å². The summed E-state index contributed by atoms with van der Waals surface area (Å²) >= 11 is 1.08. The highest BCUT2D eigenvalue weighted by atomic mass is 32.2. The Kier molecular flexibility index (Phi) is 6.82. The molecule has 32 heavy (non-hydrogen) atoms. The first-order valence-electron chi connectivity index (χ1n) is 10.7. The van der Waals surface area contributed by atoms with Gasteiger partial charge in [-0.15, -0.1) is 11.3 Å². The number of nitrogens with zero attached hydrogens (tertiary/aromatic N) is 2. The molecule has 8 nitrogen and oxygen atoms in total. The fraction of sp³-hybridized carbons (Fsp3) is 0.455. The summed E-state index contributed by atoms with van der Waals surface area (Å²) in [5, 5.41) is 4.51. The standard InChI is InChI=1S/C22H27N3O5S2/c1-30-19-6-4-5-18(14-19)23-21(26)16-7-11-25(12-8-16)32(28,29)20-13-17(15-31-20)22(27)24-9-2-3-10-24/h4-6,13-16H,2-3,7-12H2,1H3,(H,23,26). The lowest BCUT2D eigenvalue weighted by molar-refractivity contribution is -0.120. The SMILES string of the molecule is COc1cccc(NC(=O)C2CCN(S(=O)(=O)c3cc(C(=O)N4CCCC4)cs3)CC2)c1. The quantitative estimate of drug-likeness (QED) is 0.690. The molecular weight excluding hydrogens is 450 g/mol. The van der Waals surface area contributed by atoms with Crippen LogP contribution in [0.5, 0.6) is 5.75 Å². The third kappa shape index (κ3) is 4.82. The number of nitrogens with one attached hydrogen (secondary N) is 1. The molecule has 3 heterocycles. The lowest BCUT2D eigenvalue weighted by Gasteiger charge is -2.30. The average molecular weight is 478 g/mol. The van der Waals surface area contributed by atoms with Gasteiger partial charge in [0.2, 0.25) is 5.91 Å². The predicted octanol–water partition coefficient (Wildman–Crippen LogP) is 3.03. The molecule has 2 fully saturated rings. The third-order valence-electron chi connectivity index (χ3n) is 5.97. The Bertz CT molecular complexity index is 1080. The van der Waals surface area contributed by atoms with Crippen molar-refractivity contribution in [2.45, 2.75) is 29.9 Å². The van der Waals surface area contributed by atoms with Crippen LogP contribution in [0.25, 0.3) is 0 Å². The van der Waals surface area contributed by atoms with Crippen LogP contribution in [0.3, 0.4) is 0 Å². The Morgan fingerprint density at radius 2 is 1.81 bits per heavy atom. The van der Waals surface area contributed by atoms with Gasteiger partial charge in [-0.1, -0.05) is 6.07 Å². The van der Waals surface area contributed by atoms with Crippen LogP contribution in [0.15, 0.2) is 39.9 Å². The molecule has 0 spiro atoms. The molecule has 10 heteroatoms. The first kappa shape index (κ1) is 22.8. The topological polar surface area (TPSA) is 96.0 Å². The first-order chi connectivity index (χ1) is 15.4. The largest absolute Gasteiger partial charge is 0.497 e. The van der Waals surface area contributed by atoms with Crippen molar-refractivity contribution in [3.8, 4) is 5.75 Å². The molecule has 1 aromatic carbocycles. The van der Waals surface area contributed by atoms with Gasteiger partial charge in [0.1, 0.15) is 9.96 Å². The molecule has 1 aromatic heterocycles. The summed E-state index contributed by atoms with van der Waals surface area (Å²) in [6.45, 7) is 1.99. The Labute approximate surface area is 192 Å². The number of thiophene rings is 1. The molecule has 0 radical (unpaired) electrons. The zero-order valence-electron chi connectivity index (χ0n) is 18.0. The number of carbonyl (C=O) groups excluding carboxylic acids is 2. The molecule has 0 atom stereocenters. The van der Waals surface area contributed by atoms with Crippen LogP contribution in [0.2, 0.25) is 0 Å². The number of rotatable bonds is 6. The molecule has 2 aliphatic heterocycles. The predicted molar refractivity (Wildman–Crippen MR) is 123 cm³/mol. The van der Waals surface area contributed by atoms with Crippen LogP contribution >= 0.6 is 11.3 Å². The van der Waals surface area contributed by atoms with Crippen LogP contribution < -0.4 is 10.1 Å². The molecule has 0 bridgehead atoms. The second-order valence-electron chi connectivity index (χ2n) is 8.05. The Balaban J connectivity index is 1.36. The smallest absolute Gasteiger partial charge is 0.254 e. The summed E-state index contributed by atoms with van der Waals surface area (Å²) in [6, 6.07) is 8.62. The minimum absolute atomic E-state index is 0.104. The highest BCUT2D eigenvalue weighted by molar-refractivity contribution is 7.91. The molecular formula is C22H27N3O5S2. The minimum atomic E-state index is -3.68. The first-order valence-corrected chi connectivity index (χ1v) is 13.0. The minimum Gasteiger partial charge on any atom is -0.497 e. The summed E-state index contributed by atoms with van der Waals surface area (Å²) in [6.07, 6.45) is 2.86. The third-order valence-corrected chi connectivity index (χ3v) is 9.29. The van der Waals surface area contributed by atoms with Gasteiger partial charge in [-0.25, -0.2) is 8.42 Å². The molecule has 1 N–H and O–H groups in total. The van der Waals surface area contributed by atoms with E-state index < -0.39 is 10.0 Å². The molecule has 2 aromatic rings. The van der Waals surface area contributed by atoms with Crippen molar-refractivity contribution >= 4 is 38.9 Å². The van der Waals surface area contributed by atoms with Gasteiger partial charge in [0.25, 0.3) is 15.9 Å². The maximum Gasteiger partial charge on any atom is 0.254 e. The zero-order valence-corrected chi connectivity index (χ0v) is 19.6. The highest BCUT2D eigenvalue weighted by Crippen LogP contribution is 2.29. The van der Waals surface area contributed by atoms with Crippen LogP contribution in [0, 0.1) is 5.92 Å². The number of amides is 2. The summed E-state index contributed by atoms with van der Waals surface area (Å²) in [4.78, 5) is 27.0. The van der Waals surface area contributed by atoms with Crippen LogP contribution in [0.4, 0.5) is 5.69 Å². The Morgan fingerprint density at radius 3 is 2.50 bits per heavy atom. The molecule has 0 saturated carbocycles. The van der Waals surface area contributed by atoms with Gasteiger partial charge in [0, 0.05) is 49.2 Å². The number of anilines is 1. The van der Waals surface area contributed by atoms with Crippen molar-refractivity contribution in [2.75, 3.05) is 38.6 Å². The van der Waals surface area contributed by atoms with E-state index in [4.69, 9.17) is 4.74 Å². The van der Waals surface area contributed by atoms with Crippen molar-refractivity contribution in [3.63, 3.8) is 0 Å². The number of hydrogen-bond donors (Lipinski definition) is 1. The second-order valence-corrected chi connectivity index (χ2v) is 11.1. The fourth-order valence-corrected chi connectivity index (χ4v) is 6.87. The molecule has 4 rings (SSSR count). The van der Waals surface area contributed by atoms with E-state index in [-0.39, 0.29) is 35.0 Å². The lowest BCUT2D eigenvalue weighted by atomic mass is 9.97. The van der Waals surface area contributed by atoms with E-state index in [1.807, 2.05) is 0 Å². The summed E-state index contributed by atoms with van der Waals surface area (Å²) in [5.41, 5.74) is 1.08. The molecule has 0 aliphatic carbocycles. The monoisotopic (exact) mass is 477 g/mol. The second kappa shape index (κ2) is 9.60. The van der Waals surface area contributed by atoms with Crippen molar-refractivity contribution < 1.29 is 22.7 Å². The maximum atomic E-state index is 13.1. The number of methoxy groups -OCH3 is 1. The van der Waals surface area contributed by atoms with E-state index in [0.717, 1.165) is 37.3 Å². The number of ether oxygens (including phenoxy) is 1. The van der Waals surface area contributed by atoms with Crippen LogP contribution in [-0.2, 0) is 14.8 Å². The van der Waals surface area contributed by atoms with Crippen molar-refractivity contribution in [3.05, 3.63) is 41.3 Å². The van der Waals surface area contributed by atoms with Gasteiger partial charge in [-0.05, 0) is 43.9 Å². The fourth-order valence-electron chi connectivity index (χ4n) is 4.10. The molecule has 172 valence electrons. The molecule has 0 unspecified atom stereocenters. The Hall–Kier alpha value is -2.43. The number of carbonyl (C=O) groups is 2. The summed E-state index contributed by atoms with van der Waals surface area (Å²) in [5.74, 6) is 0.170. The van der Waals surface area contributed by atoms with Crippen molar-refractivity contribution in [1.29, 1.82) is 0 Å². The van der Waals surface area contributed by atoms with Gasteiger partial charge >= 0.3 is 0 Å². The van der Waals surface area contributed by atoms with E-state index in [2.05, 4.69) is 5.32 Å². The van der Waals surface area contributed by atoms with Crippen molar-refractivity contribution in [2.24, 2.45) is 5.92 Å². The lowest BCUT2D eigenvalue weighted by Crippen LogP contribution is -2.41. The molecule has 2 saturated heterocycles. The summed E-state index contributed by atoms with van der Waals surface area (Å²) in [7, 11) is -2.12. The summed E-state index contributed by atoms with van der Waals surface area (Å²) < 4.78 is 32.9. The number of sulfonamides is 1. The number of likely N-dealkylation sites (tertiary alicyclic amines) is 1. The van der Waals surface area contributed by atoms with Gasteiger partial charge in [-0.3, -0.25) is 9.59 Å². The zero-order chi connectivity index (χ0) is 22.7. The van der Waals surface area contributed by atoms with Gasteiger partial charge in [0.15, 0.2) is 0 Å². The Morgan fingerprint density at radius 1 is 1.09 bits per heavy atom. The van der Waals surface area contributed by atoms with E-state index >= 15 is 0 Å². The van der Waals surface area contributed by atoms with E-state index in [0.29, 0.717) is 29.8 Å². The number of piperidine rings is 1. The van der Waals surface area contributed by atoms with Gasteiger partial charge < -0.3 is 15.0 Å². The van der Waals surface area contributed by atoms with Crippen LogP contribution in [-0.4, -0.2) is 62.7 Å². The normalized spacial score (nSPS) is 18.0. The molecule has 2 amide bonds. The van der Waals surface area contributed by atoms with Crippen LogP contribution in [0.1, 0.15) is 36.0 Å².